The zero-order valence-corrected chi connectivity index (χ0v) is 12.2. The molecule has 102 valence electrons. The van der Waals surface area contributed by atoms with Crippen molar-refractivity contribution in [3.05, 3.63) is 76.9 Å². The van der Waals surface area contributed by atoms with Crippen LogP contribution in [0.15, 0.2) is 60.0 Å². The van der Waals surface area contributed by atoms with Gasteiger partial charge in [0.2, 0.25) is 0 Å². The summed E-state index contributed by atoms with van der Waals surface area (Å²) in [5.41, 5.74) is 2.88. The van der Waals surface area contributed by atoms with E-state index < -0.39 is 0 Å². The lowest BCUT2D eigenvalue weighted by Gasteiger charge is -2.08. The molecule has 0 nitrogen and oxygen atoms in total. The largest absolute Gasteiger partial charge is 0.206 e. The highest BCUT2D eigenvalue weighted by atomic mass is 32.2. The molecule has 0 spiro atoms. The van der Waals surface area contributed by atoms with Gasteiger partial charge in [-0.2, -0.15) is 0 Å². The van der Waals surface area contributed by atoms with E-state index in [1.165, 1.54) is 24.3 Å². The summed E-state index contributed by atoms with van der Waals surface area (Å²) in [5, 5.41) is 2.31. The summed E-state index contributed by atoms with van der Waals surface area (Å²) in [5.74, 6) is 2.38. The van der Waals surface area contributed by atoms with E-state index in [1.54, 1.807) is 12.1 Å². The summed E-state index contributed by atoms with van der Waals surface area (Å²) in [7, 11) is 0.305. The third-order valence-corrected chi connectivity index (χ3v) is 5.79. The fraction of sp³-hybridized carbons (Fsp3) is 0.222. The van der Waals surface area contributed by atoms with Crippen molar-refractivity contribution in [3.63, 3.8) is 0 Å². The quantitative estimate of drug-likeness (QED) is 0.721. The molecule has 1 heterocycles. The molecule has 1 aliphatic heterocycles. The smallest absolute Gasteiger partial charge is 0.131 e. The number of rotatable bonds is 3. The molecule has 20 heavy (non-hydrogen) atoms. The summed E-state index contributed by atoms with van der Waals surface area (Å²) in [6.07, 6.45) is 2.61. The number of benzene rings is 2. The Hall–Kier alpha value is -1.54. The van der Waals surface area contributed by atoms with Crippen LogP contribution in [0.3, 0.4) is 0 Å². The first kappa shape index (κ1) is 13.4. The Bertz CT molecular complexity index is 598. The Kier molecular flexibility index (Phi) is 4.22. The van der Waals surface area contributed by atoms with Crippen LogP contribution in [-0.4, -0.2) is 11.5 Å². The molecule has 2 aromatic carbocycles. The Balaban J connectivity index is 2.06. The number of hydrogen-bond acceptors (Lipinski definition) is 0. The van der Waals surface area contributed by atoms with Gasteiger partial charge in [0.15, 0.2) is 0 Å². The highest BCUT2D eigenvalue weighted by Gasteiger charge is 2.24. The van der Waals surface area contributed by atoms with Crippen molar-refractivity contribution >= 4 is 16.5 Å². The number of hydrogen-bond donors (Lipinski definition) is 0. The second kappa shape index (κ2) is 6.27. The second-order valence-electron chi connectivity index (χ2n) is 5.03. The van der Waals surface area contributed by atoms with Gasteiger partial charge in [-0.3, -0.25) is 0 Å². The molecule has 0 radical (unpaired) electrons. The molecule has 2 heteroatoms. The second-order valence-corrected chi connectivity index (χ2v) is 7.16. The summed E-state index contributed by atoms with van der Waals surface area (Å²) in [6, 6.07) is 17.3. The first-order valence-electron chi connectivity index (χ1n) is 7.03. The van der Waals surface area contributed by atoms with Gasteiger partial charge in [-0.05, 0) is 24.5 Å². The van der Waals surface area contributed by atoms with Gasteiger partial charge in [-0.15, -0.1) is 0 Å². The first-order chi connectivity index (χ1) is 9.84. The van der Waals surface area contributed by atoms with Gasteiger partial charge in [0.1, 0.15) is 22.7 Å². The highest BCUT2D eigenvalue weighted by molar-refractivity contribution is 8.00. The molecule has 0 bridgehead atoms. The van der Waals surface area contributed by atoms with E-state index in [9.17, 15) is 4.39 Å². The summed E-state index contributed by atoms with van der Waals surface area (Å²) < 4.78 is 14.2. The van der Waals surface area contributed by atoms with E-state index in [2.05, 4.69) is 17.5 Å². The maximum absolute atomic E-state index is 14.2. The average molecular weight is 285 g/mol. The van der Waals surface area contributed by atoms with E-state index in [1.807, 2.05) is 30.3 Å². The minimum absolute atomic E-state index is 0.134. The van der Waals surface area contributed by atoms with Crippen molar-refractivity contribution in [3.8, 4) is 0 Å². The lowest BCUT2D eigenvalue weighted by Crippen LogP contribution is -2.01. The Labute approximate surface area is 122 Å². The van der Waals surface area contributed by atoms with E-state index >= 15 is 0 Å². The first-order valence-corrected chi connectivity index (χ1v) is 8.65. The molecular formula is C18H18FS+. The minimum atomic E-state index is -0.134. The summed E-state index contributed by atoms with van der Waals surface area (Å²) in [6.45, 7) is 0. The molecular weight excluding hydrogens is 267 g/mol. The van der Waals surface area contributed by atoms with Crippen LogP contribution in [0.4, 0.5) is 4.39 Å². The van der Waals surface area contributed by atoms with Gasteiger partial charge >= 0.3 is 0 Å². The van der Waals surface area contributed by atoms with Crippen molar-refractivity contribution in [1.82, 2.24) is 0 Å². The molecule has 1 saturated heterocycles. The van der Waals surface area contributed by atoms with Crippen molar-refractivity contribution in [2.45, 2.75) is 12.8 Å². The van der Waals surface area contributed by atoms with Crippen molar-refractivity contribution in [1.29, 1.82) is 0 Å². The van der Waals surface area contributed by atoms with Crippen molar-refractivity contribution in [2.75, 3.05) is 11.5 Å². The van der Waals surface area contributed by atoms with Crippen molar-refractivity contribution in [2.24, 2.45) is 0 Å². The maximum Gasteiger partial charge on any atom is 0.131 e. The molecule has 0 unspecified atom stereocenters. The molecule has 2 aromatic rings. The third kappa shape index (κ3) is 2.96. The minimum Gasteiger partial charge on any atom is -0.206 e. The van der Waals surface area contributed by atoms with Gasteiger partial charge in [-0.25, -0.2) is 4.39 Å². The summed E-state index contributed by atoms with van der Waals surface area (Å²) in [4.78, 5) is 0. The van der Waals surface area contributed by atoms with Gasteiger partial charge in [0.25, 0.3) is 0 Å². The fourth-order valence-corrected chi connectivity index (χ4v) is 4.73. The molecule has 0 atom stereocenters. The predicted octanol–water partition coefficient (Wildman–Crippen LogP) is 4.63. The molecule has 0 saturated carbocycles. The SMILES string of the molecule is Fc1ccccc1C(=C[S+]1CCCC1)c1ccccc1. The molecule has 1 fully saturated rings. The third-order valence-electron chi connectivity index (χ3n) is 3.60. The van der Waals surface area contributed by atoms with Crippen LogP contribution < -0.4 is 0 Å². The zero-order valence-electron chi connectivity index (χ0n) is 11.4. The van der Waals surface area contributed by atoms with E-state index in [0.717, 1.165) is 16.7 Å². The molecule has 0 aromatic heterocycles. The average Bonchev–Trinajstić information content (AvgIpc) is 3.00. The molecule has 0 N–H and O–H groups in total. The predicted molar refractivity (Wildman–Crippen MR) is 86.3 cm³/mol. The van der Waals surface area contributed by atoms with E-state index in [4.69, 9.17) is 0 Å². The Morgan fingerprint density at radius 2 is 1.55 bits per heavy atom. The zero-order chi connectivity index (χ0) is 13.8. The van der Waals surface area contributed by atoms with Crippen LogP contribution in [0.5, 0.6) is 0 Å². The topological polar surface area (TPSA) is 0 Å². The van der Waals surface area contributed by atoms with Gasteiger partial charge in [0, 0.05) is 22.0 Å². The van der Waals surface area contributed by atoms with Gasteiger partial charge in [-0.1, -0.05) is 48.5 Å². The lowest BCUT2D eigenvalue weighted by atomic mass is 9.99. The monoisotopic (exact) mass is 285 g/mol. The van der Waals surface area contributed by atoms with Crippen LogP contribution in [0.25, 0.3) is 5.57 Å². The molecule has 3 rings (SSSR count). The van der Waals surface area contributed by atoms with Crippen LogP contribution in [0, 0.1) is 5.82 Å². The maximum atomic E-state index is 14.2. The summed E-state index contributed by atoms with van der Waals surface area (Å²) >= 11 is 0. The normalized spacial score (nSPS) is 16.6. The van der Waals surface area contributed by atoms with Crippen molar-refractivity contribution < 1.29 is 4.39 Å². The van der Waals surface area contributed by atoms with Crippen LogP contribution in [0.1, 0.15) is 24.0 Å². The van der Waals surface area contributed by atoms with Gasteiger partial charge in [0.05, 0.1) is 0 Å². The Morgan fingerprint density at radius 3 is 2.25 bits per heavy atom. The standard InChI is InChI=1S/C18H18FS/c19-18-11-5-4-10-16(18)17(14-20-12-6-7-13-20)15-8-2-1-3-9-15/h1-5,8-11,14H,6-7,12-13H2/q+1. The molecule has 0 amide bonds. The van der Waals surface area contributed by atoms with Crippen LogP contribution >= 0.6 is 0 Å². The fourth-order valence-electron chi connectivity index (χ4n) is 2.55. The molecule has 0 aliphatic carbocycles. The van der Waals surface area contributed by atoms with Crippen LogP contribution in [0.2, 0.25) is 0 Å². The van der Waals surface area contributed by atoms with Gasteiger partial charge < -0.3 is 0 Å². The van der Waals surface area contributed by atoms with E-state index in [0.29, 0.717) is 10.9 Å². The van der Waals surface area contributed by atoms with Crippen LogP contribution in [-0.2, 0) is 10.9 Å². The number of halogens is 1. The highest BCUT2D eigenvalue weighted by Crippen LogP contribution is 2.29. The molecule has 1 aliphatic rings. The van der Waals surface area contributed by atoms with E-state index in [-0.39, 0.29) is 5.82 Å². The Morgan fingerprint density at radius 1 is 0.900 bits per heavy atom. The lowest BCUT2D eigenvalue weighted by molar-refractivity contribution is 0.624.